The molecule has 1 aromatic rings. The Balaban J connectivity index is 2.76. The highest BCUT2D eigenvalue weighted by molar-refractivity contribution is 5.96. The van der Waals surface area contributed by atoms with Gasteiger partial charge in [-0.15, -0.1) is 0 Å². The number of carboxylic acid groups (broad SMARTS) is 1. The number of benzene rings is 1. The Morgan fingerprint density at radius 2 is 1.96 bits per heavy atom. The van der Waals surface area contributed by atoms with E-state index in [1.54, 1.807) is 31.3 Å². The molecule has 0 unspecified atom stereocenters. The van der Waals surface area contributed by atoms with Crippen molar-refractivity contribution in [3.63, 3.8) is 0 Å². The maximum atomic E-state index is 12.4. The van der Waals surface area contributed by atoms with E-state index >= 15 is 0 Å². The van der Waals surface area contributed by atoms with Crippen LogP contribution < -0.4 is 11.1 Å². The fraction of sp³-hybridized carbons (Fsp3) is 0.421. The van der Waals surface area contributed by atoms with Crippen molar-refractivity contribution >= 4 is 17.8 Å². The van der Waals surface area contributed by atoms with Crippen molar-refractivity contribution in [2.24, 2.45) is 11.7 Å². The normalized spacial score (nSPS) is 12.6. The fourth-order valence-corrected chi connectivity index (χ4v) is 2.47. The Hall–Kier alpha value is -2.67. The van der Waals surface area contributed by atoms with Gasteiger partial charge in [-0.3, -0.25) is 9.59 Å². The van der Waals surface area contributed by atoms with Gasteiger partial charge in [0.1, 0.15) is 0 Å². The Bertz CT molecular complexity index is 698. The molecule has 0 radical (unpaired) electrons. The first-order valence-corrected chi connectivity index (χ1v) is 8.42. The number of nitrogens with two attached hydrogens (primary N) is 1. The average molecular weight is 361 g/mol. The van der Waals surface area contributed by atoms with Crippen LogP contribution in [0.1, 0.15) is 36.7 Å². The average Bonchev–Trinajstić information content (AvgIpc) is 2.62. The van der Waals surface area contributed by atoms with E-state index in [0.29, 0.717) is 12.1 Å². The monoisotopic (exact) mass is 361 g/mol. The molecular weight excluding hydrogens is 334 g/mol. The number of likely N-dealkylation sites (N-methyl/N-ethyl adjacent to an activating group) is 1. The van der Waals surface area contributed by atoms with Crippen LogP contribution in [0.4, 0.5) is 0 Å². The molecule has 142 valence electrons. The van der Waals surface area contributed by atoms with Crippen LogP contribution in [0.15, 0.2) is 35.9 Å². The molecule has 1 aromatic carbocycles. The van der Waals surface area contributed by atoms with Crippen molar-refractivity contribution < 1.29 is 19.5 Å². The summed E-state index contributed by atoms with van der Waals surface area (Å²) in [5, 5.41) is 11.6. The number of carbonyl (C=O) groups is 3. The first kappa shape index (κ1) is 21.4. The summed E-state index contributed by atoms with van der Waals surface area (Å²) < 4.78 is 0. The molecule has 0 aliphatic heterocycles. The van der Waals surface area contributed by atoms with Crippen molar-refractivity contribution in [3.05, 3.63) is 47.0 Å². The molecule has 4 N–H and O–H groups in total. The lowest BCUT2D eigenvalue weighted by molar-refractivity contribution is -0.133. The van der Waals surface area contributed by atoms with E-state index in [2.05, 4.69) is 5.32 Å². The number of amides is 2. The van der Waals surface area contributed by atoms with Gasteiger partial charge in [-0.2, -0.15) is 0 Å². The summed E-state index contributed by atoms with van der Waals surface area (Å²) in [7, 11) is 1.60. The van der Waals surface area contributed by atoms with Crippen LogP contribution in [-0.4, -0.2) is 47.4 Å². The van der Waals surface area contributed by atoms with Gasteiger partial charge >= 0.3 is 5.97 Å². The Morgan fingerprint density at radius 1 is 1.31 bits per heavy atom. The number of nitrogens with zero attached hydrogens (tertiary/aromatic N) is 1. The van der Waals surface area contributed by atoms with Gasteiger partial charge in [-0.05, 0) is 30.5 Å². The van der Waals surface area contributed by atoms with Gasteiger partial charge in [-0.25, -0.2) is 4.79 Å². The van der Waals surface area contributed by atoms with E-state index in [9.17, 15) is 14.4 Å². The first-order valence-electron chi connectivity index (χ1n) is 8.42. The fourth-order valence-electron chi connectivity index (χ4n) is 2.47. The molecule has 26 heavy (non-hydrogen) atoms. The highest BCUT2D eigenvalue weighted by Crippen LogP contribution is 2.13. The zero-order valence-electron chi connectivity index (χ0n) is 15.7. The van der Waals surface area contributed by atoms with Crippen LogP contribution in [0.3, 0.4) is 0 Å². The molecule has 0 heterocycles. The Kier molecular flexibility index (Phi) is 7.99. The van der Waals surface area contributed by atoms with E-state index in [1.807, 2.05) is 19.9 Å². The van der Waals surface area contributed by atoms with E-state index < -0.39 is 5.97 Å². The van der Waals surface area contributed by atoms with Crippen LogP contribution >= 0.6 is 0 Å². The third-order valence-electron chi connectivity index (χ3n) is 4.11. The Labute approximate surface area is 153 Å². The highest BCUT2D eigenvalue weighted by atomic mass is 16.4. The van der Waals surface area contributed by atoms with Gasteiger partial charge in [0.2, 0.25) is 5.91 Å². The second-order valence-electron chi connectivity index (χ2n) is 6.48. The smallest absolute Gasteiger partial charge is 0.331 e. The molecule has 0 fully saturated rings. The minimum atomic E-state index is -1.02. The molecule has 7 nitrogen and oxygen atoms in total. The third-order valence-corrected chi connectivity index (χ3v) is 4.11. The molecule has 0 saturated heterocycles. The predicted octanol–water partition coefficient (Wildman–Crippen LogP) is 1.39. The van der Waals surface area contributed by atoms with Crippen molar-refractivity contribution in [2.45, 2.75) is 33.4 Å². The molecule has 0 saturated carbocycles. The summed E-state index contributed by atoms with van der Waals surface area (Å²) >= 11 is 0. The summed E-state index contributed by atoms with van der Waals surface area (Å²) in [5.41, 5.74) is 7.00. The minimum Gasteiger partial charge on any atom is -0.478 e. The molecule has 1 atom stereocenters. The summed E-state index contributed by atoms with van der Waals surface area (Å²) in [5.74, 6) is -1.67. The first-order chi connectivity index (χ1) is 12.2. The molecule has 1 rings (SSSR count). The molecule has 0 aliphatic rings. The second-order valence-corrected chi connectivity index (χ2v) is 6.48. The van der Waals surface area contributed by atoms with E-state index in [1.165, 1.54) is 11.8 Å². The molecule has 0 aromatic heterocycles. The molecule has 2 amide bonds. The minimum absolute atomic E-state index is 0.0233. The molecule has 0 spiro atoms. The van der Waals surface area contributed by atoms with Crippen molar-refractivity contribution in [1.29, 1.82) is 0 Å². The number of hydrogen-bond acceptors (Lipinski definition) is 4. The molecule has 0 bridgehead atoms. The van der Waals surface area contributed by atoms with Crippen LogP contribution in [0.25, 0.3) is 0 Å². The largest absolute Gasteiger partial charge is 0.478 e. The van der Waals surface area contributed by atoms with Gasteiger partial charge in [0.15, 0.2) is 0 Å². The van der Waals surface area contributed by atoms with Crippen LogP contribution in [0.2, 0.25) is 0 Å². The maximum absolute atomic E-state index is 12.4. The number of rotatable bonds is 8. The standard InChI is InChI=1S/C19H27N3O4/c1-12(2)16(8-13(3)19(25)26)22(4)17(23)11-21-18(24)15-7-5-6-14(9-15)10-20/h5-9,12,16H,10-11,20H2,1-4H3,(H,21,24)(H,25,26)/b13-8+/t16-/m1/s1. The summed E-state index contributed by atoms with van der Waals surface area (Å²) in [4.78, 5) is 37.1. The summed E-state index contributed by atoms with van der Waals surface area (Å²) in [6, 6.07) is 6.51. The summed E-state index contributed by atoms with van der Waals surface area (Å²) in [6.45, 7) is 5.44. The molecular formula is C19H27N3O4. The predicted molar refractivity (Wildman–Crippen MR) is 99.5 cm³/mol. The number of carboxylic acids is 1. The van der Waals surface area contributed by atoms with E-state index in [-0.39, 0.29) is 35.9 Å². The van der Waals surface area contributed by atoms with Gasteiger partial charge in [0.05, 0.1) is 12.6 Å². The zero-order valence-corrected chi connectivity index (χ0v) is 15.7. The zero-order chi connectivity index (χ0) is 19.9. The highest BCUT2D eigenvalue weighted by Gasteiger charge is 2.22. The lowest BCUT2D eigenvalue weighted by Crippen LogP contribution is -2.44. The number of nitrogens with one attached hydrogen (secondary N) is 1. The van der Waals surface area contributed by atoms with Gasteiger partial charge in [0, 0.05) is 24.7 Å². The van der Waals surface area contributed by atoms with Gasteiger partial charge in [-0.1, -0.05) is 32.1 Å². The van der Waals surface area contributed by atoms with Gasteiger partial charge < -0.3 is 21.1 Å². The number of hydrogen-bond donors (Lipinski definition) is 3. The summed E-state index contributed by atoms with van der Waals surface area (Å²) in [6.07, 6.45) is 1.55. The number of aliphatic carboxylic acids is 1. The van der Waals surface area contributed by atoms with Crippen LogP contribution in [0, 0.1) is 5.92 Å². The van der Waals surface area contributed by atoms with E-state index in [0.717, 1.165) is 5.56 Å². The van der Waals surface area contributed by atoms with Crippen molar-refractivity contribution in [3.8, 4) is 0 Å². The second kappa shape index (κ2) is 9.72. The topological polar surface area (TPSA) is 113 Å². The van der Waals surface area contributed by atoms with Crippen molar-refractivity contribution in [1.82, 2.24) is 10.2 Å². The van der Waals surface area contributed by atoms with Crippen LogP contribution in [0.5, 0.6) is 0 Å². The Morgan fingerprint density at radius 3 is 2.50 bits per heavy atom. The third kappa shape index (κ3) is 6.00. The molecule has 7 heteroatoms. The number of carbonyl (C=O) groups excluding carboxylic acids is 2. The van der Waals surface area contributed by atoms with Crippen molar-refractivity contribution in [2.75, 3.05) is 13.6 Å². The SMILES string of the molecule is C/C(=C\[C@H](C(C)C)N(C)C(=O)CNC(=O)c1cccc(CN)c1)C(=O)O. The lowest BCUT2D eigenvalue weighted by Gasteiger charge is -2.29. The van der Waals surface area contributed by atoms with Crippen LogP contribution in [-0.2, 0) is 16.1 Å². The van der Waals surface area contributed by atoms with E-state index in [4.69, 9.17) is 10.8 Å². The lowest BCUT2D eigenvalue weighted by atomic mass is 10.00. The quantitative estimate of drug-likeness (QED) is 0.606. The van der Waals surface area contributed by atoms with Gasteiger partial charge in [0.25, 0.3) is 5.91 Å². The molecule has 0 aliphatic carbocycles. The maximum Gasteiger partial charge on any atom is 0.331 e.